The van der Waals surface area contributed by atoms with Crippen LogP contribution in [0, 0.1) is 11.8 Å². The van der Waals surface area contributed by atoms with E-state index in [0.29, 0.717) is 19.6 Å². The zero-order valence-electron chi connectivity index (χ0n) is 14.8. The van der Waals surface area contributed by atoms with Crippen LogP contribution in [0.3, 0.4) is 0 Å². The number of hydrogen-bond acceptors (Lipinski definition) is 3. The van der Waals surface area contributed by atoms with Crippen molar-refractivity contribution in [2.45, 2.75) is 38.0 Å². The summed E-state index contributed by atoms with van der Waals surface area (Å²) < 4.78 is 0. The van der Waals surface area contributed by atoms with E-state index in [1.165, 1.54) is 12.0 Å². The number of carbonyl (C=O) groups is 2. The molecule has 25 heavy (non-hydrogen) atoms. The average Bonchev–Trinajstić information content (AvgIpc) is 3.12. The molecule has 1 aliphatic carbocycles. The lowest BCUT2D eigenvalue weighted by molar-refractivity contribution is -0.133. The van der Waals surface area contributed by atoms with Crippen LogP contribution < -0.4 is 11.1 Å². The second-order valence-electron chi connectivity index (χ2n) is 7.36. The number of amides is 2. The van der Waals surface area contributed by atoms with E-state index in [1.54, 1.807) is 0 Å². The Labute approximate surface area is 150 Å². The lowest BCUT2D eigenvalue weighted by Crippen LogP contribution is -2.41. The Hall–Kier alpha value is -1.88. The van der Waals surface area contributed by atoms with Crippen molar-refractivity contribution in [3.63, 3.8) is 0 Å². The third-order valence-electron chi connectivity index (χ3n) is 5.71. The molecule has 1 saturated carbocycles. The van der Waals surface area contributed by atoms with Crippen molar-refractivity contribution < 1.29 is 9.59 Å². The largest absolute Gasteiger partial charge is 0.347 e. The van der Waals surface area contributed by atoms with E-state index in [0.717, 1.165) is 25.7 Å². The van der Waals surface area contributed by atoms with E-state index in [1.807, 2.05) is 23.1 Å². The second kappa shape index (κ2) is 8.48. The molecule has 136 valence electrons. The van der Waals surface area contributed by atoms with Crippen molar-refractivity contribution >= 4 is 11.8 Å². The molecule has 2 fully saturated rings. The first kappa shape index (κ1) is 17.9. The third-order valence-corrected chi connectivity index (χ3v) is 5.71. The number of nitrogens with one attached hydrogen (secondary N) is 1. The highest BCUT2D eigenvalue weighted by Gasteiger charge is 2.35. The monoisotopic (exact) mass is 343 g/mol. The molecule has 3 N–H and O–H groups in total. The highest BCUT2D eigenvalue weighted by Crippen LogP contribution is 2.32. The van der Waals surface area contributed by atoms with Crippen molar-refractivity contribution in [1.82, 2.24) is 10.2 Å². The van der Waals surface area contributed by atoms with E-state index in [-0.39, 0.29) is 36.1 Å². The minimum Gasteiger partial charge on any atom is -0.347 e. The molecular weight excluding hydrogens is 314 g/mol. The summed E-state index contributed by atoms with van der Waals surface area (Å²) in [5.41, 5.74) is 7.17. The minimum atomic E-state index is 0.000963. The zero-order valence-corrected chi connectivity index (χ0v) is 14.8. The van der Waals surface area contributed by atoms with E-state index in [2.05, 4.69) is 17.4 Å². The van der Waals surface area contributed by atoms with Gasteiger partial charge in [-0.15, -0.1) is 0 Å². The average molecular weight is 343 g/mol. The van der Waals surface area contributed by atoms with Gasteiger partial charge < -0.3 is 16.0 Å². The van der Waals surface area contributed by atoms with E-state index >= 15 is 0 Å². The predicted molar refractivity (Wildman–Crippen MR) is 97.9 cm³/mol. The number of likely N-dealkylation sites (tertiary alicyclic amines) is 1. The number of nitrogens with two attached hydrogens (primary N) is 1. The maximum Gasteiger partial charge on any atom is 0.241 e. The Morgan fingerprint density at radius 3 is 2.48 bits per heavy atom. The number of carbonyl (C=O) groups excluding carboxylic acids is 2. The van der Waals surface area contributed by atoms with Crippen LogP contribution in [0.4, 0.5) is 0 Å². The fourth-order valence-electron chi connectivity index (χ4n) is 4.18. The Bertz CT molecular complexity index is 584. The van der Waals surface area contributed by atoms with Crippen LogP contribution in [0.5, 0.6) is 0 Å². The molecule has 0 spiro atoms. The highest BCUT2D eigenvalue weighted by molar-refractivity contribution is 5.86. The Balaban J connectivity index is 1.53. The summed E-state index contributed by atoms with van der Waals surface area (Å²) in [6, 6.07) is 10.3. The van der Waals surface area contributed by atoms with Gasteiger partial charge in [-0.3, -0.25) is 9.59 Å². The van der Waals surface area contributed by atoms with Crippen LogP contribution in [-0.4, -0.2) is 42.9 Å². The molecule has 2 aliphatic rings. The first-order valence-corrected chi connectivity index (χ1v) is 9.49. The topological polar surface area (TPSA) is 75.4 Å². The highest BCUT2D eigenvalue weighted by atomic mass is 16.2. The van der Waals surface area contributed by atoms with Gasteiger partial charge in [0.25, 0.3) is 0 Å². The lowest BCUT2D eigenvalue weighted by Gasteiger charge is -2.22. The van der Waals surface area contributed by atoms with Gasteiger partial charge in [0.2, 0.25) is 11.8 Å². The fraction of sp³-hybridized carbons (Fsp3) is 0.600. The van der Waals surface area contributed by atoms with E-state index in [4.69, 9.17) is 5.73 Å². The molecule has 0 radical (unpaired) electrons. The van der Waals surface area contributed by atoms with Gasteiger partial charge in [0, 0.05) is 24.9 Å². The summed E-state index contributed by atoms with van der Waals surface area (Å²) in [4.78, 5) is 26.6. The molecule has 1 aromatic rings. The number of benzene rings is 1. The lowest BCUT2D eigenvalue weighted by atomic mass is 9.89. The van der Waals surface area contributed by atoms with Gasteiger partial charge in [-0.1, -0.05) is 49.6 Å². The smallest absolute Gasteiger partial charge is 0.241 e. The summed E-state index contributed by atoms with van der Waals surface area (Å²) in [5.74, 6) is 0.696. The Kier molecular flexibility index (Phi) is 6.08. The Morgan fingerprint density at radius 1 is 1.08 bits per heavy atom. The van der Waals surface area contributed by atoms with Crippen molar-refractivity contribution in [2.75, 3.05) is 26.2 Å². The van der Waals surface area contributed by atoms with Gasteiger partial charge in [-0.2, -0.15) is 0 Å². The fourth-order valence-corrected chi connectivity index (χ4v) is 4.18. The normalized spacial score (nSPS) is 24.3. The number of hydrogen-bond donors (Lipinski definition) is 2. The summed E-state index contributed by atoms with van der Waals surface area (Å²) in [6.07, 6.45) is 5.37. The molecule has 1 heterocycles. The van der Waals surface area contributed by atoms with Crippen LogP contribution in [0.25, 0.3) is 0 Å². The molecule has 0 aromatic heterocycles. The van der Waals surface area contributed by atoms with Gasteiger partial charge >= 0.3 is 0 Å². The molecular formula is C20H29N3O2. The van der Waals surface area contributed by atoms with Crippen LogP contribution in [-0.2, 0) is 9.59 Å². The van der Waals surface area contributed by atoms with Gasteiger partial charge in [0.15, 0.2) is 0 Å². The molecule has 1 saturated heterocycles. The molecule has 0 bridgehead atoms. The molecule has 2 amide bonds. The standard InChI is InChI=1S/C20H29N3O2/c21-11-17-13-23(14-18(17)15-7-3-1-4-8-15)19(24)12-22-20(25)16-9-5-2-6-10-16/h1,3-4,7-8,16-18H,2,5-6,9-14,21H2,(H,22,25)/t17-,18+/m1/s1. The molecule has 2 atom stereocenters. The van der Waals surface area contributed by atoms with E-state index < -0.39 is 0 Å². The number of rotatable bonds is 5. The summed E-state index contributed by atoms with van der Waals surface area (Å²) >= 11 is 0. The van der Waals surface area contributed by atoms with Crippen LogP contribution in [0.15, 0.2) is 30.3 Å². The predicted octanol–water partition coefficient (Wildman–Crippen LogP) is 1.88. The maximum atomic E-state index is 12.5. The van der Waals surface area contributed by atoms with Crippen molar-refractivity contribution in [3.05, 3.63) is 35.9 Å². The molecule has 0 unspecified atom stereocenters. The zero-order chi connectivity index (χ0) is 17.6. The van der Waals surface area contributed by atoms with Crippen LogP contribution in [0.2, 0.25) is 0 Å². The van der Waals surface area contributed by atoms with Crippen LogP contribution >= 0.6 is 0 Å². The first-order valence-electron chi connectivity index (χ1n) is 9.49. The van der Waals surface area contributed by atoms with Gasteiger partial charge in [-0.05, 0) is 30.9 Å². The minimum absolute atomic E-state index is 0.000963. The van der Waals surface area contributed by atoms with Gasteiger partial charge in [0.1, 0.15) is 0 Å². The van der Waals surface area contributed by atoms with Crippen LogP contribution in [0.1, 0.15) is 43.6 Å². The van der Waals surface area contributed by atoms with Crippen molar-refractivity contribution in [1.29, 1.82) is 0 Å². The second-order valence-corrected chi connectivity index (χ2v) is 7.36. The number of nitrogens with zero attached hydrogens (tertiary/aromatic N) is 1. The molecule has 1 aliphatic heterocycles. The van der Waals surface area contributed by atoms with E-state index in [9.17, 15) is 9.59 Å². The SMILES string of the molecule is NC[C@@H]1CN(C(=O)CNC(=O)C2CCCCC2)C[C@H]1c1ccccc1. The molecule has 5 nitrogen and oxygen atoms in total. The maximum absolute atomic E-state index is 12.5. The Morgan fingerprint density at radius 2 is 1.80 bits per heavy atom. The molecule has 1 aromatic carbocycles. The van der Waals surface area contributed by atoms with Gasteiger partial charge in [-0.25, -0.2) is 0 Å². The quantitative estimate of drug-likeness (QED) is 0.857. The molecule has 3 rings (SSSR count). The molecule has 5 heteroatoms. The third kappa shape index (κ3) is 4.40. The van der Waals surface area contributed by atoms with Crippen molar-refractivity contribution in [2.24, 2.45) is 17.6 Å². The first-order chi connectivity index (χ1) is 12.2. The summed E-state index contributed by atoms with van der Waals surface area (Å²) in [7, 11) is 0. The summed E-state index contributed by atoms with van der Waals surface area (Å²) in [5, 5.41) is 2.86. The van der Waals surface area contributed by atoms with Gasteiger partial charge in [0.05, 0.1) is 6.54 Å². The van der Waals surface area contributed by atoms with Crippen molar-refractivity contribution in [3.8, 4) is 0 Å². The summed E-state index contributed by atoms with van der Waals surface area (Å²) in [6.45, 7) is 2.03.